The first-order chi connectivity index (χ1) is 8.71. The Hall–Kier alpha value is -0.900. The lowest BCUT2D eigenvalue weighted by molar-refractivity contribution is 0.0154. The summed E-state index contributed by atoms with van der Waals surface area (Å²) < 4.78 is 37.1. The molecule has 0 aliphatic heterocycles. The second kappa shape index (κ2) is 6.51. The van der Waals surface area contributed by atoms with Crippen LogP contribution in [-0.2, 0) is 19.5 Å². The van der Waals surface area contributed by atoms with Gasteiger partial charge in [-0.2, -0.15) is 0 Å². The predicted octanol–water partition coefficient (Wildman–Crippen LogP) is 1.27. The van der Waals surface area contributed by atoms with Crippen LogP contribution in [0.5, 0.6) is 0 Å². The van der Waals surface area contributed by atoms with Crippen LogP contribution >= 0.6 is 15.9 Å². The fraction of sp³-hybridized carbons (Fsp3) is 0.500. The molecule has 1 aromatic rings. The number of esters is 1. The third-order valence-corrected chi connectivity index (χ3v) is 3.70. The second-order valence-electron chi connectivity index (χ2n) is 3.85. The lowest BCUT2D eigenvalue weighted by atomic mass is 10.4. The summed E-state index contributed by atoms with van der Waals surface area (Å²) in [5.74, 6) is -1.04. The zero-order chi connectivity index (χ0) is 14.6. The van der Waals surface area contributed by atoms with E-state index < -0.39 is 16.0 Å². The molecule has 1 rings (SSSR count). The largest absolute Gasteiger partial charge is 0.457 e. The van der Waals surface area contributed by atoms with E-state index in [0.717, 1.165) is 6.07 Å². The van der Waals surface area contributed by atoms with Gasteiger partial charge in [0, 0.05) is 6.07 Å². The van der Waals surface area contributed by atoms with E-state index in [4.69, 9.17) is 19.0 Å². The SMILES string of the molecule is CC(C)OCCOC(=O)c1cc(S(N)(=O)=O)c(Br)o1. The molecule has 0 aromatic carbocycles. The molecule has 108 valence electrons. The minimum atomic E-state index is -3.96. The Morgan fingerprint density at radius 1 is 1.47 bits per heavy atom. The van der Waals surface area contributed by atoms with Crippen molar-refractivity contribution in [1.29, 1.82) is 0 Å². The molecule has 7 nitrogen and oxygen atoms in total. The highest BCUT2D eigenvalue weighted by molar-refractivity contribution is 9.10. The third-order valence-electron chi connectivity index (χ3n) is 1.93. The Labute approximate surface area is 119 Å². The van der Waals surface area contributed by atoms with E-state index in [9.17, 15) is 13.2 Å². The van der Waals surface area contributed by atoms with E-state index in [2.05, 4.69) is 15.9 Å². The maximum absolute atomic E-state index is 11.6. The summed E-state index contributed by atoms with van der Waals surface area (Å²) in [5.41, 5.74) is 0. The number of sulfonamides is 1. The minimum Gasteiger partial charge on any atom is -0.457 e. The van der Waals surface area contributed by atoms with E-state index in [1.54, 1.807) is 0 Å². The molecule has 2 N–H and O–H groups in total. The normalized spacial score (nSPS) is 11.8. The maximum Gasteiger partial charge on any atom is 0.374 e. The number of furan rings is 1. The van der Waals surface area contributed by atoms with Gasteiger partial charge in [0.15, 0.2) is 4.67 Å². The van der Waals surface area contributed by atoms with Gasteiger partial charge >= 0.3 is 5.97 Å². The first-order valence-corrected chi connectivity index (χ1v) is 7.66. The molecule has 9 heteroatoms. The van der Waals surface area contributed by atoms with Crippen molar-refractivity contribution in [2.45, 2.75) is 24.8 Å². The number of ether oxygens (including phenoxy) is 2. The van der Waals surface area contributed by atoms with Gasteiger partial charge in [-0.3, -0.25) is 0 Å². The number of nitrogens with two attached hydrogens (primary N) is 1. The standard InChI is InChI=1S/C10H14BrNO6S/c1-6(2)16-3-4-17-10(13)7-5-8(9(11)18-7)19(12,14)15/h5-6H,3-4H2,1-2H3,(H2,12,14,15). The van der Waals surface area contributed by atoms with Gasteiger partial charge in [-0.1, -0.05) is 0 Å². The predicted molar refractivity (Wildman–Crippen MR) is 69.2 cm³/mol. The van der Waals surface area contributed by atoms with Crippen molar-refractivity contribution in [3.05, 3.63) is 16.5 Å². The van der Waals surface area contributed by atoms with Gasteiger partial charge in [0.1, 0.15) is 11.5 Å². The van der Waals surface area contributed by atoms with Crippen LogP contribution in [0, 0.1) is 0 Å². The van der Waals surface area contributed by atoms with Crippen LogP contribution in [0.2, 0.25) is 0 Å². The molecule has 0 amide bonds. The van der Waals surface area contributed by atoms with E-state index in [-0.39, 0.29) is 34.6 Å². The number of hydrogen-bond acceptors (Lipinski definition) is 6. The van der Waals surface area contributed by atoms with E-state index >= 15 is 0 Å². The Bertz CT molecular complexity index is 550. The van der Waals surface area contributed by atoms with Crippen LogP contribution in [0.1, 0.15) is 24.4 Å². The summed E-state index contributed by atoms with van der Waals surface area (Å²) in [6, 6.07) is 1.01. The zero-order valence-corrected chi connectivity index (χ0v) is 12.8. The molecule has 0 radical (unpaired) electrons. The highest BCUT2D eigenvalue weighted by Gasteiger charge is 2.22. The van der Waals surface area contributed by atoms with Gasteiger partial charge in [0.05, 0.1) is 12.7 Å². The van der Waals surface area contributed by atoms with Crippen molar-refractivity contribution in [2.75, 3.05) is 13.2 Å². The van der Waals surface area contributed by atoms with Crippen molar-refractivity contribution in [2.24, 2.45) is 5.14 Å². The van der Waals surface area contributed by atoms with Crippen molar-refractivity contribution < 1.29 is 27.1 Å². The topological polar surface area (TPSA) is 109 Å². The van der Waals surface area contributed by atoms with Gasteiger partial charge in [-0.15, -0.1) is 0 Å². The maximum atomic E-state index is 11.6. The summed E-state index contributed by atoms with van der Waals surface area (Å²) in [7, 11) is -3.96. The van der Waals surface area contributed by atoms with E-state index in [1.807, 2.05) is 13.8 Å². The Morgan fingerprint density at radius 3 is 2.58 bits per heavy atom. The molecule has 0 fully saturated rings. The van der Waals surface area contributed by atoms with E-state index in [1.165, 1.54) is 0 Å². The number of rotatable bonds is 6. The number of hydrogen-bond donors (Lipinski definition) is 1. The molecule has 1 aromatic heterocycles. The number of carbonyl (C=O) groups excluding carboxylic acids is 1. The Balaban J connectivity index is 2.64. The fourth-order valence-electron chi connectivity index (χ4n) is 1.14. The molecule has 0 saturated carbocycles. The number of halogens is 1. The lowest BCUT2D eigenvalue weighted by Crippen LogP contribution is -2.13. The van der Waals surface area contributed by atoms with Crippen molar-refractivity contribution in [3.8, 4) is 0 Å². The summed E-state index contributed by atoms with van der Waals surface area (Å²) >= 11 is 2.86. The van der Waals surface area contributed by atoms with E-state index in [0.29, 0.717) is 0 Å². The van der Waals surface area contributed by atoms with Gasteiger partial charge < -0.3 is 13.9 Å². The quantitative estimate of drug-likeness (QED) is 0.607. The van der Waals surface area contributed by atoms with Gasteiger partial charge in [-0.25, -0.2) is 18.4 Å². The molecule has 0 aliphatic rings. The highest BCUT2D eigenvalue weighted by atomic mass is 79.9. The first kappa shape index (κ1) is 16.2. The third kappa shape index (κ3) is 4.94. The summed E-state index contributed by atoms with van der Waals surface area (Å²) in [6.07, 6.45) is 0.0328. The molecular weight excluding hydrogens is 342 g/mol. The molecule has 0 spiro atoms. The van der Waals surface area contributed by atoms with Gasteiger partial charge in [0.25, 0.3) is 0 Å². The average Bonchev–Trinajstić information content (AvgIpc) is 2.66. The molecule has 0 aliphatic carbocycles. The van der Waals surface area contributed by atoms with Crippen molar-refractivity contribution in [1.82, 2.24) is 0 Å². The molecule has 0 atom stereocenters. The second-order valence-corrected chi connectivity index (χ2v) is 6.10. The average molecular weight is 356 g/mol. The molecule has 0 bridgehead atoms. The Kier molecular flexibility index (Phi) is 5.53. The van der Waals surface area contributed by atoms with Crippen LogP contribution in [0.25, 0.3) is 0 Å². The molecule has 1 heterocycles. The summed E-state index contributed by atoms with van der Waals surface area (Å²) in [5, 5.41) is 4.94. The zero-order valence-electron chi connectivity index (χ0n) is 10.4. The van der Waals surface area contributed by atoms with Crippen molar-refractivity contribution in [3.63, 3.8) is 0 Å². The number of primary sulfonamides is 1. The first-order valence-electron chi connectivity index (χ1n) is 5.32. The molecule has 19 heavy (non-hydrogen) atoms. The fourth-order valence-corrected chi connectivity index (χ4v) is 2.64. The molecule has 0 unspecified atom stereocenters. The van der Waals surface area contributed by atoms with Crippen molar-refractivity contribution >= 4 is 31.9 Å². The van der Waals surface area contributed by atoms with Gasteiger partial charge in [0.2, 0.25) is 15.8 Å². The minimum absolute atomic E-state index is 0.0328. The van der Waals surface area contributed by atoms with Crippen LogP contribution in [-0.4, -0.2) is 33.7 Å². The Morgan fingerprint density at radius 2 is 2.11 bits per heavy atom. The summed E-state index contributed by atoms with van der Waals surface area (Å²) in [6.45, 7) is 3.99. The highest BCUT2D eigenvalue weighted by Crippen LogP contribution is 2.25. The summed E-state index contributed by atoms with van der Waals surface area (Å²) in [4.78, 5) is 11.2. The smallest absolute Gasteiger partial charge is 0.374 e. The van der Waals surface area contributed by atoms with Gasteiger partial charge in [-0.05, 0) is 29.8 Å². The monoisotopic (exact) mass is 355 g/mol. The number of carbonyl (C=O) groups is 1. The van der Waals surface area contributed by atoms with Crippen LogP contribution in [0.3, 0.4) is 0 Å². The lowest BCUT2D eigenvalue weighted by Gasteiger charge is -2.07. The molecule has 0 saturated heterocycles. The molecular formula is C10H14BrNO6S. The van der Waals surface area contributed by atoms with Crippen LogP contribution in [0.15, 0.2) is 20.0 Å². The van der Waals surface area contributed by atoms with Crippen LogP contribution < -0.4 is 5.14 Å². The van der Waals surface area contributed by atoms with Crippen LogP contribution in [0.4, 0.5) is 0 Å².